The third-order valence-electron chi connectivity index (χ3n) is 2.69. The molecule has 1 atom stereocenters. The summed E-state index contributed by atoms with van der Waals surface area (Å²) in [6.07, 6.45) is 1.67. The van der Waals surface area contributed by atoms with Crippen LogP contribution in [0, 0.1) is 0 Å². The Labute approximate surface area is 102 Å². The van der Waals surface area contributed by atoms with Crippen molar-refractivity contribution in [2.24, 2.45) is 5.73 Å². The van der Waals surface area contributed by atoms with Gasteiger partial charge in [0, 0.05) is 18.5 Å². The molecule has 1 aromatic carbocycles. The summed E-state index contributed by atoms with van der Waals surface area (Å²) in [7, 11) is 1.66. The number of hydrogen-bond donors (Lipinski definition) is 1. The zero-order chi connectivity index (χ0) is 12.3. The predicted octanol–water partition coefficient (Wildman–Crippen LogP) is 1.75. The molecule has 17 heavy (non-hydrogen) atoms. The maximum atomic E-state index is 5.83. The second kappa shape index (κ2) is 5.27. The Morgan fingerprint density at radius 2 is 1.94 bits per heavy atom. The number of nitrogens with two attached hydrogens (primary N) is 1. The lowest BCUT2D eigenvalue weighted by molar-refractivity contribution is 0.296. The fourth-order valence-corrected chi connectivity index (χ4v) is 1.93. The van der Waals surface area contributed by atoms with Crippen molar-refractivity contribution in [1.82, 2.24) is 0 Å². The van der Waals surface area contributed by atoms with Crippen LogP contribution < -0.4 is 19.9 Å². The number of methoxy groups -OCH3 is 1. The monoisotopic (exact) mass is 237 g/mol. The molecule has 2 N–H and O–H groups in total. The molecule has 2 rings (SSSR count). The molecule has 0 fully saturated rings. The van der Waals surface area contributed by atoms with E-state index in [4.69, 9.17) is 19.9 Å². The molecule has 4 heteroatoms. The van der Waals surface area contributed by atoms with Crippen molar-refractivity contribution in [2.75, 3.05) is 20.3 Å². The predicted molar refractivity (Wildman–Crippen MR) is 66.0 cm³/mol. The highest BCUT2D eigenvalue weighted by atomic mass is 16.5. The average molecular weight is 237 g/mol. The third-order valence-corrected chi connectivity index (χ3v) is 2.69. The van der Waals surface area contributed by atoms with Gasteiger partial charge in [-0.1, -0.05) is 0 Å². The van der Waals surface area contributed by atoms with E-state index < -0.39 is 0 Å². The van der Waals surface area contributed by atoms with Crippen LogP contribution in [0.1, 0.15) is 18.9 Å². The van der Waals surface area contributed by atoms with Crippen molar-refractivity contribution >= 4 is 0 Å². The minimum Gasteiger partial charge on any atom is -0.496 e. The molecule has 1 heterocycles. The van der Waals surface area contributed by atoms with E-state index in [2.05, 4.69) is 0 Å². The summed E-state index contributed by atoms with van der Waals surface area (Å²) in [6, 6.07) is 3.95. The van der Waals surface area contributed by atoms with Gasteiger partial charge in [0.05, 0.1) is 20.3 Å². The molecule has 0 bridgehead atoms. The summed E-state index contributed by atoms with van der Waals surface area (Å²) < 4.78 is 16.6. The van der Waals surface area contributed by atoms with E-state index in [0.717, 1.165) is 35.7 Å². The van der Waals surface area contributed by atoms with Crippen LogP contribution in [0.15, 0.2) is 12.1 Å². The zero-order valence-corrected chi connectivity index (χ0v) is 10.4. The van der Waals surface area contributed by atoms with Crippen molar-refractivity contribution < 1.29 is 14.2 Å². The second-order valence-corrected chi connectivity index (χ2v) is 4.34. The molecule has 0 saturated carbocycles. The highest BCUT2D eigenvalue weighted by Gasteiger charge is 2.15. The molecule has 1 unspecified atom stereocenters. The first kappa shape index (κ1) is 12.0. The Kier molecular flexibility index (Phi) is 3.74. The van der Waals surface area contributed by atoms with E-state index in [9.17, 15) is 0 Å². The topological polar surface area (TPSA) is 53.7 Å². The van der Waals surface area contributed by atoms with Gasteiger partial charge in [-0.15, -0.1) is 0 Å². The molecule has 0 spiro atoms. The Morgan fingerprint density at radius 3 is 2.53 bits per heavy atom. The molecule has 0 radical (unpaired) electrons. The first-order valence-corrected chi connectivity index (χ1v) is 5.93. The molecule has 1 aromatic rings. The maximum absolute atomic E-state index is 5.83. The lowest BCUT2D eigenvalue weighted by atomic mass is 10.1. The Morgan fingerprint density at radius 1 is 1.29 bits per heavy atom. The van der Waals surface area contributed by atoms with Crippen LogP contribution in [0.5, 0.6) is 17.2 Å². The van der Waals surface area contributed by atoms with E-state index >= 15 is 0 Å². The van der Waals surface area contributed by atoms with Gasteiger partial charge in [-0.3, -0.25) is 0 Å². The standard InChI is InChI=1S/C13H19NO3/c1-9(14)6-10-7-12-13(8-11(10)15-2)17-5-3-4-16-12/h7-9H,3-6,14H2,1-2H3. The first-order chi connectivity index (χ1) is 8.20. The van der Waals surface area contributed by atoms with Crippen LogP contribution in [0.25, 0.3) is 0 Å². The lowest BCUT2D eigenvalue weighted by Gasteiger charge is -2.15. The van der Waals surface area contributed by atoms with Gasteiger partial charge >= 0.3 is 0 Å². The van der Waals surface area contributed by atoms with Crippen molar-refractivity contribution in [1.29, 1.82) is 0 Å². The minimum absolute atomic E-state index is 0.0913. The highest BCUT2D eigenvalue weighted by Crippen LogP contribution is 2.36. The number of rotatable bonds is 3. The zero-order valence-electron chi connectivity index (χ0n) is 10.4. The van der Waals surface area contributed by atoms with Gasteiger partial charge in [-0.25, -0.2) is 0 Å². The number of ether oxygens (including phenoxy) is 3. The van der Waals surface area contributed by atoms with Crippen molar-refractivity contribution in [2.45, 2.75) is 25.8 Å². The summed E-state index contributed by atoms with van der Waals surface area (Å²) in [4.78, 5) is 0. The van der Waals surface area contributed by atoms with Gasteiger partial charge in [0.1, 0.15) is 5.75 Å². The quantitative estimate of drug-likeness (QED) is 0.870. The summed E-state index contributed by atoms with van der Waals surface area (Å²) in [5.41, 5.74) is 6.89. The van der Waals surface area contributed by atoms with Gasteiger partial charge in [0.2, 0.25) is 0 Å². The molecule has 1 aliphatic rings. The largest absolute Gasteiger partial charge is 0.496 e. The van der Waals surface area contributed by atoms with Crippen LogP contribution in [0.3, 0.4) is 0 Å². The van der Waals surface area contributed by atoms with Crippen molar-refractivity contribution in [3.05, 3.63) is 17.7 Å². The molecule has 0 amide bonds. The maximum Gasteiger partial charge on any atom is 0.164 e. The van der Waals surface area contributed by atoms with Crippen LogP contribution in [0.4, 0.5) is 0 Å². The van der Waals surface area contributed by atoms with E-state index in [1.807, 2.05) is 19.1 Å². The molecule has 0 aromatic heterocycles. The van der Waals surface area contributed by atoms with E-state index in [1.54, 1.807) is 7.11 Å². The molecular formula is C13H19NO3. The second-order valence-electron chi connectivity index (χ2n) is 4.34. The van der Waals surface area contributed by atoms with Crippen LogP contribution in [-0.2, 0) is 6.42 Å². The molecule has 1 aliphatic heterocycles. The van der Waals surface area contributed by atoms with Crippen LogP contribution >= 0.6 is 0 Å². The molecule has 0 aliphatic carbocycles. The molecular weight excluding hydrogens is 218 g/mol. The fraction of sp³-hybridized carbons (Fsp3) is 0.538. The van der Waals surface area contributed by atoms with Gasteiger partial charge in [-0.05, 0) is 25.0 Å². The van der Waals surface area contributed by atoms with E-state index in [-0.39, 0.29) is 6.04 Å². The highest BCUT2D eigenvalue weighted by molar-refractivity contribution is 5.51. The van der Waals surface area contributed by atoms with E-state index in [0.29, 0.717) is 13.2 Å². The Bertz CT molecular complexity index is 390. The summed E-state index contributed by atoms with van der Waals surface area (Å²) in [5.74, 6) is 2.36. The van der Waals surface area contributed by atoms with Crippen LogP contribution in [0.2, 0.25) is 0 Å². The third kappa shape index (κ3) is 2.82. The average Bonchev–Trinajstić information content (AvgIpc) is 2.51. The summed E-state index contributed by atoms with van der Waals surface area (Å²) >= 11 is 0. The van der Waals surface area contributed by atoms with Gasteiger partial charge in [0.25, 0.3) is 0 Å². The smallest absolute Gasteiger partial charge is 0.164 e. The minimum atomic E-state index is 0.0913. The number of hydrogen-bond acceptors (Lipinski definition) is 4. The lowest BCUT2D eigenvalue weighted by Crippen LogP contribution is -2.18. The van der Waals surface area contributed by atoms with Crippen molar-refractivity contribution in [3.8, 4) is 17.2 Å². The van der Waals surface area contributed by atoms with Gasteiger partial charge in [-0.2, -0.15) is 0 Å². The fourth-order valence-electron chi connectivity index (χ4n) is 1.93. The molecule has 4 nitrogen and oxygen atoms in total. The first-order valence-electron chi connectivity index (χ1n) is 5.93. The Hall–Kier alpha value is -1.42. The normalized spacial score (nSPS) is 16.2. The number of fused-ring (bicyclic) bond motifs is 1. The molecule has 0 saturated heterocycles. The van der Waals surface area contributed by atoms with Crippen LogP contribution in [-0.4, -0.2) is 26.4 Å². The summed E-state index contributed by atoms with van der Waals surface area (Å²) in [6.45, 7) is 3.35. The summed E-state index contributed by atoms with van der Waals surface area (Å²) in [5, 5.41) is 0. The number of benzene rings is 1. The van der Waals surface area contributed by atoms with Crippen molar-refractivity contribution in [3.63, 3.8) is 0 Å². The molecule has 94 valence electrons. The Balaban J connectivity index is 2.35. The van der Waals surface area contributed by atoms with E-state index in [1.165, 1.54) is 0 Å². The van der Waals surface area contributed by atoms with Gasteiger partial charge < -0.3 is 19.9 Å². The van der Waals surface area contributed by atoms with Gasteiger partial charge in [0.15, 0.2) is 11.5 Å². The SMILES string of the molecule is COc1cc2c(cc1CC(C)N)OCCCO2.